The number of anilines is 2. The lowest BCUT2D eigenvalue weighted by Crippen LogP contribution is -2.31. The lowest BCUT2D eigenvalue weighted by molar-refractivity contribution is 0.391. The number of thiazole rings is 1. The van der Waals surface area contributed by atoms with E-state index in [0.717, 1.165) is 46.0 Å². The third kappa shape index (κ3) is 6.06. The molecule has 0 bridgehead atoms. The molecule has 39 heavy (non-hydrogen) atoms. The van der Waals surface area contributed by atoms with Crippen LogP contribution in [0.5, 0.6) is 11.5 Å². The van der Waals surface area contributed by atoms with Crippen molar-refractivity contribution in [3.63, 3.8) is 0 Å². The lowest BCUT2D eigenvalue weighted by atomic mass is 10.1. The summed E-state index contributed by atoms with van der Waals surface area (Å²) in [7, 11) is -1.66. The molecule has 4 rings (SSSR count). The molecule has 0 aliphatic heterocycles. The van der Waals surface area contributed by atoms with Crippen molar-refractivity contribution < 1.29 is 31.1 Å². The quantitative estimate of drug-likeness (QED) is 0.226. The predicted molar refractivity (Wildman–Crippen MR) is 143 cm³/mol. The van der Waals surface area contributed by atoms with Gasteiger partial charge in [-0.1, -0.05) is 11.6 Å². The van der Waals surface area contributed by atoms with Crippen LogP contribution in [0, 0.1) is 17.5 Å². The Bertz CT molecular complexity index is 1590. The number of hydrogen-bond acceptors (Lipinski definition) is 8. The summed E-state index contributed by atoms with van der Waals surface area (Å²) in [5, 5.41) is 4.02. The zero-order valence-electron chi connectivity index (χ0n) is 20.5. The summed E-state index contributed by atoms with van der Waals surface area (Å²) in [6.07, 6.45) is 0.103. The van der Waals surface area contributed by atoms with Gasteiger partial charge in [0, 0.05) is 28.8 Å². The minimum absolute atomic E-state index is 0.0780. The first-order valence-electron chi connectivity index (χ1n) is 11.1. The number of aromatic nitrogens is 1. The standard InChI is InChI=1S/C25H22ClF3N4O4S2/c1-36-16-5-3-14(22(10-16)37-2)13-33(25-31-7-8-38-25)39(34,35)23-11-18(26)21(12-20(23)29)32-24(30)17-9-15(27)4-6-19(17)28/h3-12,24,32H,13,30H2,1-2H3/t24-/m1/s1. The van der Waals surface area contributed by atoms with Gasteiger partial charge in [-0.05, 0) is 42.5 Å². The van der Waals surface area contributed by atoms with Gasteiger partial charge < -0.3 is 20.5 Å². The highest BCUT2D eigenvalue weighted by Gasteiger charge is 2.32. The van der Waals surface area contributed by atoms with Crippen molar-refractivity contribution in [3.8, 4) is 11.5 Å². The third-order valence-electron chi connectivity index (χ3n) is 5.63. The van der Waals surface area contributed by atoms with Gasteiger partial charge in [0.05, 0.1) is 31.5 Å². The van der Waals surface area contributed by atoms with E-state index in [9.17, 15) is 17.2 Å². The van der Waals surface area contributed by atoms with Crippen LogP contribution >= 0.6 is 22.9 Å². The highest BCUT2D eigenvalue weighted by Crippen LogP contribution is 2.36. The summed E-state index contributed by atoms with van der Waals surface area (Å²) in [6.45, 7) is -0.246. The number of ether oxygens (including phenoxy) is 2. The largest absolute Gasteiger partial charge is 0.497 e. The summed E-state index contributed by atoms with van der Waals surface area (Å²) in [4.78, 5) is 3.37. The normalized spacial score (nSPS) is 12.2. The van der Waals surface area contributed by atoms with Gasteiger partial charge in [0.15, 0.2) is 5.13 Å². The Balaban J connectivity index is 1.70. The summed E-state index contributed by atoms with van der Waals surface area (Å²) in [5.74, 6) is -1.82. The number of nitrogens with one attached hydrogen (secondary N) is 1. The van der Waals surface area contributed by atoms with Crippen LogP contribution in [0.3, 0.4) is 0 Å². The van der Waals surface area contributed by atoms with Gasteiger partial charge in [0.2, 0.25) is 0 Å². The van der Waals surface area contributed by atoms with Crippen molar-refractivity contribution in [2.45, 2.75) is 17.6 Å². The molecule has 0 saturated carbocycles. The highest BCUT2D eigenvalue weighted by atomic mass is 35.5. The van der Waals surface area contributed by atoms with E-state index in [2.05, 4.69) is 10.3 Å². The molecule has 0 aliphatic carbocycles. The maximum Gasteiger partial charge on any atom is 0.269 e. The maximum absolute atomic E-state index is 15.4. The number of methoxy groups -OCH3 is 2. The van der Waals surface area contributed by atoms with Crippen LogP contribution in [0.4, 0.5) is 24.0 Å². The molecule has 1 atom stereocenters. The molecule has 3 N–H and O–H groups in total. The number of hydrogen-bond donors (Lipinski definition) is 2. The molecule has 0 fully saturated rings. The highest BCUT2D eigenvalue weighted by molar-refractivity contribution is 7.93. The van der Waals surface area contributed by atoms with E-state index >= 15 is 4.39 Å². The number of halogens is 4. The van der Waals surface area contributed by atoms with Crippen LogP contribution in [-0.2, 0) is 16.6 Å². The fourth-order valence-corrected chi connectivity index (χ4v) is 6.31. The van der Waals surface area contributed by atoms with Crippen molar-refractivity contribution >= 4 is 43.8 Å². The van der Waals surface area contributed by atoms with Gasteiger partial charge in [-0.25, -0.2) is 30.9 Å². The topological polar surface area (TPSA) is 107 Å². The molecule has 1 aromatic heterocycles. The van der Waals surface area contributed by atoms with E-state index in [1.165, 1.54) is 20.4 Å². The second-order valence-electron chi connectivity index (χ2n) is 8.05. The van der Waals surface area contributed by atoms with Gasteiger partial charge in [-0.2, -0.15) is 0 Å². The molecule has 1 heterocycles. The zero-order chi connectivity index (χ0) is 28.3. The Morgan fingerprint density at radius 2 is 1.85 bits per heavy atom. The number of rotatable bonds is 10. The molecular weight excluding hydrogens is 577 g/mol. The smallest absolute Gasteiger partial charge is 0.269 e. The average Bonchev–Trinajstić information content (AvgIpc) is 3.44. The zero-order valence-corrected chi connectivity index (χ0v) is 22.9. The second kappa shape index (κ2) is 11.7. The molecule has 14 heteroatoms. The van der Waals surface area contributed by atoms with Gasteiger partial charge >= 0.3 is 0 Å². The third-order valence-corrected chi connectivity index (χ3v) is 8.61. The maximum atomic E-state index is 15.4. The summed E-state index contributed by atoms with van der Waals surface area (Å²) in [5.41, 5.74) is 6.04. The molecule has 0 spiro atoms. The van der Waals surface area contributed by atoms with Crippen molar-refractivity contribution in [3.05, 3.63) is 93.7 Å². The molecule has 206 valence electrons. The van der Waals surface area contributed by atoms with E-state index in [1.54, 1.807) is 23.6 Å². The van der Waals surface area contributed by atoms with Gasteiger partial charge in [0.25, 0.3) is 10.0 Å². The van der Waals surface area contributed by atoms with Crippen molar-refractivity contribution in [1.82, 2.24) is 4.98 Å². The first-order valence-corrected chi connectivity index (χ1v) is 13.8. The summed E-state index contributed by atoms with van der Waals surface area (Å²) in [6, 6.07) is 9.28. The molecule has 0 aliphatic rings. The van der Waals surface area contributed by atoms with Crippen molar-refractivity contribution in [2.24, 2.45) is 5.73 Å². The Labute approximate surface area is 231 Å². The van der Waals surface area contributed by atoms with Crippen molar-refractivity contribution in [2.75, 3.05) is 23.8 Å². The first-order chi connectivity index (χ1) is 18.5. The molecule has 8 nitrogen and oxygen atoms in total. The van der Waals surface area contributed by atoms with Gasteiger partial charge in [-0.15, -0.1) is 11.3 Å². The number of nitrogens with zero attached hydrogens (tertiary/aromatic N) is 2. The molecule has 0 unspecified atom stereocenters. The van der Waals surface area contributed by atoms with Crippen molar-refractivity contribution in [1.29, 1.82) is 0 Å². The molecule has 0 amide bonds. The first kappa shape index (κ1) is 28.5. The van der Waals surface area contributed by atoms with Crippen LogP contribution in [-0.4, -0.2) is 27.6 Å². The van der Waals surface area contributed by atoms with E-state index in [-0.39, 0.29) is 27.9 Å². The van der Waals surface area contributed by atoms with Crippen LogP contribution < -0.4 is 24.8 Å². The Morgan fingerprint density at radius 1 is 1.08 bits per heavy atom. The molecular formula is C25H22ClF3N4O4S2. The van der Waals surface area contributed by atoms with E-state index < -0.39 is 38.5 Å². The predicted octanol–water partition coefficient (Wildman–Crippen LogP) is 5.70. The van der Waals surface area contributed by atoms with Crippen LogP contribution in [0.1, 0.15) is 17.3 Å². The minimum atomic E-state index is -4.56. The second-order valence-corrected chi connectivity index (χ2v) is 11.2. The van der Waals surface area contributed by atoms with E-state index in [1.807, 2.05) is 0 Å². The number of nitrogens with two attached hydrogens (primary N) is 1. The number of sulfonamides is 1. The summed E-state index contributed by atoms with van der Waals surface area (Å²) < 4.78 is 82.1. The van der Waals surface area contributed by atoms with E-state index in [4.69, 9.17) is 26.8 Å². The lowest BCUT2D eigenvalue weighted by Gasteiger charge is -2.24. The van der Waals surface area contributed by atoms with Crippen LogP contribution in [0.25, 0.3) is 0 Å². The average molecular weight is 599 g/mol. The SMILES string of the molecule is COc1ccc(CN(c2nccs2)S(=O)(=O)c2cc(Cl)c(N[C@@H](N)c3cc(F)ccc3F)cc2F)c(OC)c1. The number of benzene rings is 3. The summed E-state index contributed by atoms with van der Waals surface area (Å²) >= 11 is 7.33. The Hall–Kier alpha value is -3.52. The fourth-order valence-electron chi connectivity index (χ4n) is 3.69. The van der Waals surface area contributed by atoms with Gasteiger partial charge in [-0.3, -0.25) is 0 Å². The molecule has 4 aromatic rings. The Morgan fingerprint density at radius 3 is 2.51 bits per heavy atom. The fraction of sp³-hybridized carbons (Fsp3) is 0.160. The van der Waals surface area contributed by atoms with Crippen LogP contribution in [0.2, 0.25) is 5.02 Å². The van der Waals surface area contributed by atoms with Crippen LogP contribution in [0.15, 0.2) is 65.0 Å². The molecule has 3 aromatic carbocycles. The van der Waals surface area contributed by atoms with E-state index in [0.29, 0.717) is 17.1 Å². The monoisotopic (exact) mass is 598 g/mol. The molecule has 0 radical (unpaired) electrons. The van der Waals surface area contributed by atoms with Gasteiger partial charge in [0.1, 0.15) is 40.0 Å². The molecule has 0 saturated heterocycles. The minimum Gasteiger partial charge on any atom is -0.497 e. The Kier molecular flexibility index (Phi) is 8.54.